The number of rotatable bonds is 9. The normalized spacial score (nSPS) is 16.7. The average Bonchev–Trinajstić information content (AvgIpc) is 2.72. The summed E-state index contributed by atoms with van der Waals surface area (Å²) >= 11 is 0. The monoisotopic (exact) mass is 391 g/mol. The molecule has 1 aromatic rings. The van der Waals surface area contributed by atoms with Gasteiger partial charge in [0.1, 0.15) is 6.10 Å². The van der Waals surface area contributed by atoms with Gasteiger partial charge in [0.05, 0.1) is 40.4 Å². The second-order valence-electron chi connectivity index (χ2n) is 6.57. The summed E-state index contributed by atoms with van der Waals surface area (Å²) in [5, 5.41) is 0. The second-order valence-corrected chi connectivity index (χ2v) is 6.57. The molecule has 28 heavy (non-hydrogen) atoms. The summed E-state index contributed by atoms with van der Waals surface area (Å²) < 4.78 is 21.3. The van der Waals surface area contributed by atoms with E-state index in [9.17, 15) is 9.59 Å². The highest BCUT2D eigenvalue weighted by molar-refractivity contribution is 5.82. The standard InChI is InChI=1S/C21H29NO6/c1-6-7-10-28-14(2)21(24)22-9-8-15-11-18(25-3)19(26-4)12-16(15)17(22)13-20(23)27-5/h6,11-12,14,17H,1,7-10,13H2,2-5H3. The number of amides is 1. The van der Waals surface area contributed by atoms with Gasteiger partial charge in [0.15, 0.2) is 11.5 Å². The van der Waals surface area contributed by atoms with Gasteiger partial charge in [0.25, 0.3) is 5.91 Å². The third-order valence-electron chi connectivity index (χ3n) is 4.91. The molecule has 1 aliphatic heterocycles. The number of carbonyl (C=O) groups is 2. The topological polar surface area (TPSA) is 74.3 Å². The van der Waals surface area contributed by atoms with Gasteiger partial charge in [-0.3, -0.25) is 9.59 Å². The van der Waals surface area contributed by atoms with Crippen LogP contribution in [0.25, 0.3) is 0 Å². The van der Waals surface area contributed by atoms with Crippen molar-refractivity contribution >= 4 is 11.9 Å². The summed E-state index contributed by atoms with van der Waals surface area (Å²) in [5.74, 6) is 0.642. The summed E-state index contributed by atoms with van der Waals surface area (Å²) in [5.41, 5.74) is 1.89. The summed E-state index contributed by atoms with van der Waals surface area (Å²) in [6.07, 6.45) is 2.52. The van der Waals surface area contributed by atoms with Crippen molar-refractivity contribution in [3.63, 3.8) is 0 Å². The van der Waals surface area contributed by atoms with Crippen molar-refractivity contribution in [1.29, 1.82) is 0 Å². The van der Waals surface area contributed by atoms with Gasteiger partial charge in [-0.05, 0) is 43.0 Å². The van der Waals surface area contributed by atoms with Gasteiger partial charge in [-0.25, -0.2) is 0 Å². The number of hydrogen-bond donors (Lipinski definition) is 0. The maximum absolute atomic E-state index is 13.0. The Bertz CT molecular complexity index is 717. The van der Waals surface area contributed by atoms with E-state index in [0.29, 0.717) is 37.5 Å². The zero-order chi connectivity index (χ0) is 20.7. The first-order chi connectivity index (χ1) is 13.5. The Morgan fingerprint density at radius 3 is 2.54 bits per heavy atom. The molecule has 0 radical (unpaired) electrons. The number of ether oxygens (including phenoxy) is 4. The minimum absolute atomic E-state index is 0.0596. The maximum Gasteiger partial charge on any atom is 0.307 e. The molecule has 1 heterocycles. The molecule has 0 spiro atoms. The number of esters is 1. The fourth-order valence-electron chi connectivity index (χ4n) is 3.39. The Balaban J connectivity index is 2.35. The summed E-state index contributed by atoms with van der Waals surface area (Å²) in [6, 6.07) is 3.29. The Hall–Kier alpha value is -2.54. The van der Waals surface area contributed by atoms with Crippen LogP contribution in [0.5, 0.6) is 11.5 Å². The highest BCUT2D eigenvalue weighted by atomic mass is 16.5. The van der Waals surface area contributed by atoms with Gasteiger partial charge in [-0.1, -0.05) is 6.08 Å². The first-order valence-corrected chi connectivity index (χ1v) is 9.31. The number of nitrogens with zero attached hydrogens (tertiary/aromatic N) is 1. The van der Waals surface area contributed by atoms with E-state index in [4.69, 9.17) is 18.9 Å². The maximum atomic E-state index is 13.0. The molecule has 0 fully saturated rings. The summed E-state index contributed by atoms with van der Waals surface area (Å²) in [4.78, 5) is 26.8. The van der Waals surface area contributed by atoms with Crippen LogP contribution in [0.2, 0.25) is 0 Å². The summed E-state index contributed by atoms with van der Waals surface area (Å²) in [7, 11) is 4.48. The zero-order valence-corrected chi connectivity index (χ0v) is 17.0. The molecule has 0 aliphatic carbocycles. The lowest BCUT2D eigenvalue weighted by molar-refractivity contribution is -0.149. The van der Waals surface area contributed by atoms with Gasteiger partial charge < -0.3 is 23.8 Å². The minimum Gasteiger partial charge on any atom is -0.493 e. The molecule has 7 nitrogen and oxygen atoms in total. The van der Waals surface area contributed by atoms with Crippen molar-refractivity contribution in [2.75, 3.05) is 34.5 Å². The molecule has 1 amide bonds. The van der Waals surface area contributed by atoms with Crippen molar-refractivity contribution in [2.45, 2.75) is 38.3 Å². The zero-order valence-electron chi connectivity index (χ0n) is 17.0. The quantitative estimate of drug-likeness (QED) is 0.366. The van der Waals surface area contributed by atoms with E-state index in [1.165, 1.54) is 7.11 Å². The van der Waals surface area contributed by atoms with Crippen LogP contribution in [0.3, 0.4) is 0 Å². The van der Waals surface area contributed by atoms with Crippen LogP contribution >= 0.6 is 0 Å². The molecule has 0 saturated heterocycles. The van der Waals surface area contributed by atoms with Crippen LogP contribution in [0.1, 0.15) is 36.9 Å². The highest BCUT2D eigenvalue weighted by Crippen LogP contribution is 2.39. The van der Waals surface area contributed by atoms with Crippen LogP contribution in [0, 0.1) is 0 Å². The third kappa shape index (κ3) is 4.84. The molecule has 2 rings (SSSR count). The van der Waals surface area contributed by atoms with Crippen LogP contribution in [0.4, 0.5) is 0 Å². The molecular formula is C21H29NO6. The third-order valence-corrected chi connectivity index (χ3v) is 4.91. The van der Waals surface area contributed by atoms with E-state index in [1.807, 2.05) is 12.1 Å². The molecule has 2 unspecified atom stereocenters. The molecule has 0 aromatic heterocycles. The molecule has 1 aromatic carbocycles. The molecule has 2 atom stereocenters. The van der Waals surface area contributed by atoms with E-state index >= 15 is 0 Å². The fourth-order valence-corrected chi connectivity index (χ4v) is 3.39. The lowest BCUT2D eigenvalue weighted by Gasteiger charge is -2.38. The summed E-state index contributed by atoms with van der Waals surface area (Å²) in [6.45, 7) is 6.29. The SMILES string of the molecule is C=CCCOC(C)C(=O)N1CCc2cc(OC)c(OC)cc2C1CC(=O)OC. The van der Waals surface area contributed by atoms with Crippen molar-refractivity contribution in [3.8, 4) is 11.5 Å². The molecule has 0 bridgehead atoms. The molecule has 7 heteroatoms. The van der Waals surface area contributed by atoms with E-state index in [0.717, 1.165) is 11.1 Å². The molecule has 154 valence electrons. The predicted octanol–water partition coefficient (Wildman–Crippen LogP) is 2.67. The van der Waals surface area contributed by atoms with Crippen molar-refractivity contribution in [3.05, 3.63) is 35.9 Å². The van der Waals surface area contributed by atoms with Gasteiger partial charge >= 0.3 is 5.97 Å². The Morgan fingerprint density at radius 1 is 1.25 bits per heavy atom. The number of methoxy groups -OCH3 is 3. The predicted molar refractivity (Wildman–Crippen MR) is 105 cm³/mol. The molecule has 1 aliphatic rings. The minimum atomic E-state index is -0.609. The van der Waals surface area contributed by atoms with Gasteiger partial charge in [0.2, 0.25) is 0 Å². The average molecular weight is 391 g/mol. The largest absolute Gasteiger partial charge is 0.493 e. The van der Waals surface area contributed by atoms with Gasteiger partial charge in [-0.2, -0.15) is 0 Å². The van der Waals surface area contributed by atoms with Crippen LogP contribution in [-0.4, -0.2) is 57.4 Å². The van der Waals surface area contributed by atoms with Crippen LogP contribution in [-0.2, 0) is 25.5 Å². The lowest BCUT2D eigenvalue weighted by Crippen LogP contribution is -2.45. The number of benzene rings is 1. The lowest BCUT2D eigenvalue weighted by atomic mass is 9.89. The van der Waals surface area contributed by atoms with E-state index < -0.39 is 12.1 Å². The van der Waals surface area contributed by atoms with E-state index in [2.05, 4.69) is 6.58 Å². The second kappa shape index (κ2) is 10.1. The number of hydrogen-bond acceptors (Lipinski definition) is 6. The van der Waals surface area contributed by atoms with E-state index in [1.54, 1.807) is 32.1 Å². The van der Waals surface area contributed by atoms with E-state index in [-0.39, 0.29) is 18.3 Å². The smallest absolute Gasteiger partial charge is 0.307 e. The van der Waals surface area contributed by atoms with Crippen molar-refractivity contribution in [1.82, 2.24) is 4.90 Å². The van der Waals surface area contributed by atoms with Crippen molar-refractivity contribution < 1.29 is 28.5 Å². The number of carbonyl (C=O) groups excluding carboxylic acids is 2. The molecular weight excluding hydrogens is 362 g/mol. The van der Waals surface area contributed by atoms with Crippen LogP contribution < -0.4 is 9.47 Å². The molecule has 0 saturated carbocycles. The van der Waals surface area contributed by atoms with Crippen molar-refractivity contribution in [2.24, 2.45) is 0 Å². The Kier molecular flexibility index (Phi) is 7.87. The number of fused-ring (bicyclic) bond motifs is 1. The van der Waals surface area contributed by atoms with Gasteiger partial charge in [-0.15, -0.1) is 6.58 Å². The van der Waals surface area contributed by atoms with Crippen LogP contribution in [0.15, 0.2) is 24.8 Å². The first-order valence-electron chi connectivity index (χ1n) is 9.31. The molecule has 0 N–H and O–H groups in total. The Labute approximate surface area is 166 Å². The highest BCUT2D eigenvalue weighted by Gasteiger charge is 2.35. The Morgan fingerprint density at radius 2 is 1.93 bits per heavy atom. The first kappa shape index (κ1) is 21.8. The van der Waals surface area contributed by atoms with Gasteiger partial charge in [0, 0.05) is 6.54 Å². The fraction of sp³-hybridized carbons (Fsp3) is 0.524.